The molecule has 1 aliphatic rings. The minimum atomic E-state index is 0.498. The van der Waals surface area contributed by atoms with Crippen molar-refractivity contribution in [2.24, 2.45) is 0 Å². The molecule has 1 aliphatic carbocycles. The van der Waals surface area contributed by atoms with Crippen molar-refractivity contribution in [3.8, 4) is 0 Å². The highest BCUT2D eigenvalue weighted by Gasteiger charge is 2.26. The summed E-state index contributed by atoms with van der Waals surface area (Å²) in [6, 6.07) is 2.73. The molecular weight excluding hydrogens is 148 g/mol. The predicted molar refractivity (Wildman–Crippen MR) is 49.3 cm³/mol. The maximum Gasteiger partial charge on any atom is 0.0658 e. The smallest absolute Gasteiger partial charge is 0.0658 e. The molecule has 66 valence electrons. The lowest BCUT2D eigenvalue weighted by molar-refractivity contribution is 0.514. The van der Waals surface area contributed by atoms with Gasteiger partial charge in [0.15, 0.2) is 0 Å². The first kappa shape index (κ1) is 7.84. The first-order valence-corrected chi connectivity index (χ1v) is 4.74. The van der Waals surface area contributed by atoms with Crippen molar-refractivity contribution < 1.29 is 0 Å². The van der Waals surface area contributed by atoms with Crippen LogP contribution in [0.4, 0.5) is 0 Å². The van der Waals surface area contributed by atoms with Crippen LogP contribution in [-0.4, -0.2) is 9.78 Å². The molecule has 0 atom stereocenters. The SMILES string of the molecule is Cc1cc(C2CC2)nn1C(C)C. The highest BCUT2D eigenvalue weighted by Crippen LogP contribution is 2.39. The van der Waals surface area contributed by atoms with Crippen LogP contribution in [0, 0.1) is 6.92 Å². The Morgan fingerprint density at radius 3 is 2.58 bits per heavy atom. The van der Waals surface area contributed by atoms with Crippen molar-refractivity contribution in [2.75, 3.05) is 0 Å². The third-order valence-corrected chi connectivity index (χ3v) is 2.43. The van der Waals surface area contributed by atoms with Gasteiger partial charge in [-0.25, -0.2) is 0 Å². The van der Waals surface area contributed by atoms with Crippen LogP contribution in [-0.2, 0) is 0 Å². The molecule has 0 bridgehead atoms. The number of rotatable bonds is 2. The molecule has 1 saturated carbocycles. The van der Waals surface area contributed by atoms with Gasteiger partial charge in [0.25, 0.3) is 0 Å². The first-order chi connectivity index (χ1) is 5.68. The molecule has 0 aliphatic heterocycles. The third kappa shape index (κ3) is 1.26. The van der Waals surface area contributed by atoms with E-state index in [0.717, 1.165) is 5.92 Å². The second kappa shape index (κ2) is 2.61. The van der Waals surface area contributed by atoms with Crippen LogP contribution in [0.1, 0.15) is 50.0 Å². The lowest BCUT2D eigenvalue weighted by Gasteiger charge is -2.06. The molecule has 1 heterocycles. The Labute approximate surface area is 73.6 Å². The van der Waals surface area contributed by atoms with Gasteiger partial charge >= 0.3 is 0 Å². The summed E-state index contributed by atoms with van der Waals surface area (Å²) in [6.45, 7) is 6.49. The molecule has 0 amide bonds. The van der Waals surface area contributed by atoms with Crippen LogP contribution in [0.3, 0.4) is 0 Å². The van der Waals surface area contributed by atoms with E-state index in [2.05, 4.69) is 36.6 Å². The van der Waals surface area contributed by atoms with Crippen molar-refractivity contribution in [2.45, 2.75) is 45.6 Å². The van der Waals surface area contributed by atoms with Crippen LogP contribution >= 0.6 is 0 Å². The third-order valence-electron chi connectivity index (χ3n) is 2.43. The average Bonchev–Trinajstić information content (AvgIpc) is 2.75. The Kier molecular flexibility index (Phi) is 1.71. The summed E-state index contributed by atoms with van der Waals surface area (Å²) in [5, 5.41) is 4.59. The lowest BCUT2D eigenvalue weighted by Crippen LogP contribution is -2.04. The molecular formula is C10H16N2. The Morgan fingerprint density at radius 1 is 1.50 bits per heavy atom. The van der Waals surface area contributed by atoms with Gasteiger partial charge in [-0.1, -0.05) is 0 Å². The molecule has 0 saturated heterocycles. The number of nitrogens with zero attached hydrogens (tertiary/aromatic N) is 2. The molecule has 0 aromatic carbocycles. The number of hydrogen-bond donors (Lipinski definition) is 0. The summed E-state index contributed by atoms with van der Waals surface area (Å²) in [6.07, 6.45) is 2.68. The maximum atomic E-state index is 4.59. The van der Waals surface area contributed by atoms with Crippen LogP contribution in [0.5, 0.6) is 0 Å². The quantitative estimate of drug-likeness (QED) is 0.657. The Balaban J connectivity index is 2.30. The van der Waals surface area contributed by atoms with Crippen molar-refractivity contribution in [3.63, 3.8) is 0 Å². The molecule has 12 heavy (non-hydrogen) atoms. The van der Waals surface area contributed by atoms with E-state index < -0.39 is 0 Å². The standard InChI is InChI=1S/C10H16N2/c1-7(2)12-8(3)6-10(11-12)9-4-5-9/h6-7,9H,4-5H2,1-3H3. The van der Waals surface area contributed by atoms with Crippen molar-refractivity contribution in [1.82, 2.24) is 9.78 Å². The van der Waals surface area contributed by atoms with Gasteiger partial charge in [0.1, 0.15) is 0 Å². The molecule has 1 aromatic heterocycles. The summed E-state index contributed by atoms with van der Waals surface area (Å²) >= 11 is 0. The lowest BCUT2D eigenvalue weighted by atomic mass is 10.3. The number of aryl methyl sites for hydroxylation is 1. The van der Waals surface area contributed by atoms with Gasteiger partial charge < -0.3 is 0 Å². The van der Waals surface area contributed by atoms with Crippen LogP contribution in [0.15, 0.2) is 6.07 Å². The van der Waals surface area contributed by atoms with E-state index >= 15 is 0 Å². The zero-order chi connectivity index (χ0) is 8.72. The van der Waals surface area contributed by atoms with Gasteiger partial charge in [0, 0.05) is 17.7 Å². The summed E-state index contributed by atoms with van der Waals surface area (Å²) in [4.78, 5) is 0. The highest BCUT2D eigenvalue weighted by atomic mass is 15.3. The second-order valence-electron chi connectivity index (χ2n) is 4.02. The minimum absolute atomic E-state index is 0.498. The molecule has 1 fully saturated rings. The average molecular weight is 164 g/mol. The molecule has 0 spiro atoms. The van der Waals surface area contributed by atoms with E-state index in [1.54, 1.807) is 0 Å². The van der Waals surface area contributed by atoms with E-state index in [1.807, 2.05) is 0 Å². The fourth-order valence-electron chi connectivity index (χ4n) is 1.61. The largest absolute Gasteiger partial charge is 0.267 e. The van der Waals surface area contributed by atoms with Crippen LogP contribution < -0.4 is 0 Å². The van der Waals surface area contributed by atoms with Crippen LogP contribution in [0.2, 0.25) is 0 Å². The molecule has 0 radical (unpaired) electrons. The van der Waals surface area contributed by atoms with Gasteiger partial charge in [-0.15, -0.1) is 0 Å². The fourth-order valence-corrected chi connectivity index (χ4v) is 1.61. The Hall–Kier alpha value is -0.790. The predicted octanol–water partition coefficient (Wildman–Crippen LogP) is 2.65. The molecule has 2 nitrogen and oxygen atoms in total. The summed E-state index contributed by atoms with van der Waals surface area (Å²) in [7, 11) is 0. The summed E-state index contributed by atoms with van der Waals surface area (Å²) in [5.41, 5.74) is 2.60. The molecule has 1 aromatic rings. The van der Waals surface area contributed by atoms with E-state index in [0.29, 0.717) is 6.04 Å². The zero-order valence-corrected chi connectivity index (χ0v) is 8.04. The summed E-state index contributed by atoms with van der Waals surface area (Å²) < 4.78 is 2.12. The van der Waals surface area contributed by atoms with Crippen molar-refractivity contribution >= 4 is 0 Å². The second-order valence-corrected chi connectivity index (χ2v) is 4.02. The molecule has 2 rings (SSSR count). The highest BCUT2D eigenvalue weighted by molar-refractivity contribution is 5.17. The van der Waals surface area contributed by atoms with Gasteiger partial charge in [0.2, 0.25) is 0 Å². The minimum Gasteiger partial charge on any atom is -0.267 e. The fraction of sp³-hybridized carbons (Fsp3) is 0.700. The van der Waals surface area contributed by atoms with Gasteiger partial charge in [-0.2, -0.15) is 5.10 Å². The van der Waals surface area contributed by atoms with E-state index in [1.165, 1.54) is 24.2 Å². The summed E-state index contributed by atoms with van der Waals surface area (Å²) in [5.74, 6) is 0.781. The maximum absolute atomic E-state index is 4.59. The number of aromatic nitrogens is 2. The van der Waals surface area contributed by atoms with Gasteiger partial charge in [-0.05, 0) is 39.7 Å². The van der Waals surface area contributed by atoms with E-state index in [-0.39, 0.29) is 0 Å². The van der Waals surface area contributed by atoms with E-state index in [9.17, 15) is 0 Å². The van der Waals surface area contributed by atoms with Crippen molar-refractivity contribution in [1.29, 1.82) is 0 Å². The Bertz CT molecular complexity index is 282. The number of hydrogen-bond acceptors (Lipinski definition) is 1. The molecule has 0 unspecified atom stereocenters. The molecule has 2 heteroatoms. The van der Waals surface area contributed by atoms with Crippen LogP contribution in [0.25, 0.3) is 0 Å². The van der Waals surface area contributed by atoms with Crippen molar-refractivity contribution in [3.05, 3.63) is 17.5 Å². The van der Waals surface area contributed by atoms with E-state index in [4.69, 9.17) is 0 Å². The van der Waals surface area contributed by atoms with Gasteiger partial charge in [0.05, 0.1) is 5.69 Å². The normalized spacial score (nSPS) is 17.3. The topological polar surface area (TPSA) is 17.8 Å². The molecule has 0 N–H and O–H groups in total. The first-order valence-electron chi connectivity index (χ1n) is 4.74. The monoisotopic (exact) mass is 164 g/mol. The Morgan fingerprint density at radius 2 is 2.17 bits per heavy atom. The zero-order valence-electron chi connectivity index (χ0n) is 8.04. The van der Waals surface area contributed by atoms with Gasteiger partial charge in [-0.3, -0.25) is 4.68 Å².